The third-order valence-electron chi connectivity index (χ3n) is 2.91. The number of rotatable bonds is 4. The second-order valence-electron chi connectivity index (χ2n) is 4.34. The van der Waals surface area contributed by atoms with Crippen molar-refractivity contribution < 1.29 is 4.79 Å². The molecule has 0 saturated heterocycles. The van der Waals surface area contributed by atoms with Gasteiger partial charge in [-0.05, 0) is 36.2 Å². The molecule has 0 spiro atoms. The van der Waals surface area contributed by atoms with Crippen molar-refractivity contribution in [2.24, 2.45) is 5.73 Å². The Morgan fingerprint density at radius 3 is 2.63 bits per heavy atom. The maximum atomic E-state index is 11.4. The molecule has 19 heavy (non-hydrogen) atoms. The minimum absolute atomic E-state index is 0.445. The Balaban J connectivity index is 2.20. The van der Waals surface area contributed by atoms with E-state index in [0.29, 0.717) is 11.3 Å². The Bertz CT molecular complexity index is 611. The molecule has 0 aliphatic rings. The van der Waals surface area contributed by atoms with E-state index >= 15 is 0 Å². The molecule has 0 aromatic heterocycles. The third-order valence-corrected chi connectivity index (χ3v) is 4.04. The Kier molecular flexibility index (Phi) is 4.12. The number of thioether (sulfide) groups is 1. The lowest BCUT2D eigenvalue weighted by Gasteiger charge is -2.09. The van der Waals surface area contributed by atoms with Gasteiger partial charge in [0.25, 0.3) is 0 Å². The molecule has 0 radical (unpaired) electrons. The van der Waals surface area contributed by atoms with Gasteiger partial charge in [0.15, 0.2) is 0 Å². The van der Waals surface area contributed by atoms with Gasteiger partial charge in [-0.25, -0.2) is 0 Å². The highest BCUT2D eigenvalue weighted by molar-refractivity contribution is 7.98. The van der Waals surface area contributed by atoms with Gasteiger partial charge >= 0.3 is 0 Å². The number of primary amides is 1. The molecule has 0 aliphatic heterocycles. The standard InChI is InChI=1S/C15H16N2OS/c1-10-4-2-3-5-11(10)9-19-14-7-6-12(16)8-13(14)15(17)18/h2-8H,9,16H2,1H3,(H2,17,18). The first-order valence-corrected chi connectivity index (χ1v) is 6.93. The van der Waals surface area contributed by atoms with Crippen molar-refractivity contribution >= 4 is 23.4 Å². The highest BCUT2D eigenvalue weighted by Gasteiger charge is 2.09. The number of hydrogen-bond acceptors (Lipinski definition) is 3. The summed E-state index contributed by atoms with van der Waals surface area (Å²) in [7, 11) is 0. The number of aryl methyl sites for hydroxylation is 1. The van der Waals surface area contributed by atoms with Gasteiger partial charge in [0, 0.05) is 16.3 Å². The number of nitrogen functional groups attached to an aromatic ring is 1. The van der Waals surface area contributed by atoms with Crippen molar-refractivity contribution in [2.45, 2.75) is 17.6 Å². The predicted molar refractivity (Wildman–Crippen MR) is 80.1 cm³/mol. The average Bonchev–Trinajstić information content (AvgIpc) is 2.38. The Morgan fingerprint density at radius 1 is 1.21 bits per heavy atom. The van der Waals surface area contributed by atoms with Crippen LogP contribution >= 0.6 is 11.8 Å². The summed E-state index contributed by atoms with van der Waals surface area (Å²) < 4.78 is 0. The molecule has 0 fully saturated rings. The number of benzene rings is 2. The van der Waals surface area contributed by atoms with E-state index in [0.717, 1.165) is 10.6 Å². The van der Waals surface area contributed by atoms with Crippen LogP contribution < -0.4 is 11.5 Å². The zero-order valence-corrected chi connectivity index (χ0v) is 11.5. The predicted octanol–water partition coefficient (Wildman–Crippen LogP) is 2.97. The molecule has 2 rings (SSSR count). The van der Waals surface area contributed by atoms with Crippen LogP contribution in [0, 0.1) is 6.92 Å². The molecule has 0 saturated carbocycles. The van der Waals surface area contributed by atoms with Crippen molar-refractivity contribution in [3.05, 3.63) is 59.2 Å². The molecule has 4 N–H and O–H groups in total. The van der Waals surface area contributed by atoms with E-state index in [9.17, 15) is 4.79 Å². The van der Waals surface area contributed by atoms with Crippen LogP contribution in [0.25, 0.3) is 0 Å². The van der Waals surface area contributed by atoms with E-state index in [1.807, 2.05) is 18.2 Å². The summed E-state index contributed by atoms with van der Waals surface area (Å²) in [4.78, 5) is 12.3. The second-order valence-corrected chi connectivity index (χ2v) is 5.35. The molecule has 0 aliphatic carbocycles. The summed E-state index contributed by atoms with van der Waals surface area (Å²) >= 11 is 1.59. The van der Waals surface area contributed by atoms with Gasteiger partial charge in [-0.15, -0.1) is 11.8 Å². The fourth-order valence-electron chi connectivity index (χ4n) is 1.79. The van der Waals surface area contributed by atoms with Crippen LogP contribution in [-0.4, -0.2) is 5.91 Å². The maximum Gasteiger partial charge on any atom is 0.249 e. The van der Waals surface area contributed by atoms with Gasteiger partial charge in [-0.2, -0.15) is 0 Å². The van der Waals surface area contributed by atoms with Crippen molar-refractivity contribution in [1.82, 2.24) is 0 Å². The third kappa shape index (κ3) is 3.29. The van der Waals surface area contributed by atoms with Crippen LogP contribution in [0.15, 0.2) is 47.4 Å². The molecule has 0 atom stereocenters. The number of amides is 1. The first kappa shape index (κ1) is 13.5. The second kappa shape index (κ2) is 5.80. The lowest BCUT2D eigenvalue weighted by Crippen LogP contribution is -2.12. The number of nitrogens with two attached hydrogens (primary N) is 2. The minimum Gasteiger partial charge on any atom is -0.399 e. The van der Waals surface area contributed by atoms with E-state index in [-0.39, 0.29) is 0 Å². The molecular weight excluding hydrogens is 256 g/mol. The Hall–Kier alpha value is -1.94. The number of carbonyl (C=O) groups excluding carboxylic acids is 1. The molecule has 3 nitrogen and oxygen atoms in total. The van der Waals surface area contributed by atoms with Gasteiger partial charge in [-0.1, -0.05) is 24.3 Å². The summed E-state index contributed by atoms with van der Waals surface area (Å²) in [5.74, 6) is 0.358. The molecule has 98 valence electrons. The van der Waals surface area contributed by atoms with Gasteiger partial charge in [-0.3, -0.25) is 4.79 Å². The Labute approximate surface area is 117 Å². The molecule has 0 bridgehead atoms. The Morgan fingerprint density at radius 2 is 1.95 bits per heavy atom. The molecule has 1 amide bonds. The first-order chi connectivity index (χ1) is 9.08. The summed E-state index contributed by atoms with van der Waals surface area (Å²) in [6.45, 7) is 2.08. The lowest BCUT2D eigenvalue weighted by molar-refractivity contribution is 0.0997. The van der Waals surface area contributed by atoms with Gasteiger partial charge in [0.1, 0.15) is 0 Å². The molecule has 4 heteroatoms. The van der Waals surface area contributed by atoms with E-state index in [4.69, 9.17) is 11.5 Å². The quantitative estimate of drug-likeness (QED) is 0.664. The number of hydrogen-bond donors (Lipinski definition) is 2. The SMILES string of the molecule is Cc1ccccc1CSc1ccc(N)cc1C(N)=O. The normalized spacial score (nSPS) is 10.4. The zero-order valence-electron chi connectivity index (χ0n) is 10.7. The van der Waals surface area contributed by atoms with E-state index in [1.165, 1.54) is 11.1 Å². The highest BCUT2D eigenvalue weighted by Crippen LogP contribution is 2.28. The van der Waals surface area contributed by atoms with Crippen LogP contribution in [0.2, 0.25) is 0 Å². The number of anilines is 1. The molecule has 2 aromatic rings. The largest absolute Gasteiger partial charge is 0.399 e. The van der Waals surface area contributed by atoms with Crippen LogP contribution in [0.1, 0.15) is 21.5 Å². The van der Waals surface area contributed by atoms with Crippen molar-refractivity contribution in [3.8, 4) is 0 Å². The van der Waals surface area contributed by atoms with Crippen molar-refractivity contribution in [2.75, 3.05) is 5.73 Å². The van der Waals surface area contributed by atoms with Crippen LogP contribution in [0.3, 0.4) is 0 Å². The van der Waals surface area contributed by atoms with E-state index < -0.39 is 5.91 Å². The van der Waals surface area contributed by atoms with Crippen molar-refractivity contribution in [3.63, 3.8) is 0 Å². The number of carbonyl (C=O) groups is 1. The van der Waals surface area contributed by atoms with Gasteiger partial charge in [0.05, 0.1) is 5.56 Å². The van der Waals surface area contributed by atoms with Crippen LogP contribution in [0.4, 0.5) is 5.69 Å². The summed E-state index contributed by atoms with van der Waals surface area (Å²) in [5, 5.41) is 0. The summed E-state index contributed by atoms with van der Waals surface area (Å²) in [6.07, 6.45) is 0. The molecule has 0 unspecified atom stereocenters. The molecule has 2 aromatic carbocycles. The van der Waals surface area contributed by atoms with Crippen molar-refractivity contribution in [1.29, 1.82) is 0 Å². The van der Waals surface area contributed by atoms with E-state index in [2.05, 4.69) is 19.1 Å². The van der Waals surface area contributed by atoms with Crippen LogP contribution in [0.5, 0.6) is 0 Å². The van der Waals surface area contributed by atoms with Crippen LogP contribution in [-0.2, 0) is 5.75 Å². The summed E-state index contributed by atoms with van der Waals surface area (Å²) in [6, 6.07) is 13.5. The summed E-state index contributed by atoms with van der Waals surface area (Å²) in [5.41, 5.74) is 14.6. The van der Waals surface area contributed by atoms with E-state index in [1.54, 1.807) is 23.9 Å². The monoisotopic (exact) mass is 272 g/mol. The maximum absolute atomic E-state index is 11.4. The smallest absolute Gasteiger partial charge is 0.249 e. The topological polar surface area (TPSA) is 69.1 Å². The average molecular weight is 272 g/mol. The van der Waals surface area contributed by atoms with Gasteiger partial charge < -0.3 is 11.5 Å². The fourth-order valence-corrected chi connectivity index (χ4v) is 2.91. The fraction of sp³-hybridized carbons (Fsp3) is 0.133. The zero-order chi connectivity index (χ0) is 13.8. The minimum atomic E-state index is -0.445. The molecule has 0 heterocycles. The lowest BCUT2D eigenvalue weighted by atomic mass is 10.1. The van der Waals surface area contributed by atoms with Gasteiger partial charge in [0.2, 0.25) is 5.91 Å². The molecular formula is C15H16N2OS. The first-order valence-electron chi connectivity index (χ1n) is 5.94. The highest BCUT2D eigenvalue weighted by atomic mass is 32.2.